The van der Waals surface area contributed by atoms with Gasteiger partial charge in [0.25, 0.3) is 0 Å². The van der Waals surface area contributed by atoms with Gasteiger partial charge in [0.2, 0.25) is 0 Å². The second-order valence-electron chi connectivity index (χ2n) is 5.18. The number of nitrogens with zero attached hydrogens (tertiary/aromatic N) is 1. The summed E-state index contributed by atoms with van der Waals surface area (Å²) in [6.45, 7) is 4.06. The van der Waals surface area contributed by atoms with Crippen LogP contribution in [0.2, 0.25) is 5.02 Å². The number of halogens is 1. The number of hydrogen-bond donors (Lipinski definition) is 1. The Morgan fingerprint density at radius 3 is 2.30 bits per heavy atom. The van der Waals surface area contributed by atoms with Crippen molar-refractivity contribution in [2.45, 2.75) is 19.3 Å². The maximum absolute atomic E-state index is 9.91. The van der Waals surface area contributed by atoms with Crippen LogP contribution in [0.3, 0.4) is 0 Å². The zero-order chi connectivity index (χ0) is 14.8. The van der Waals surface area contributed by atoms with Gasteiger partial charge >= 0.3 is 0 Å². The summed E-state index contributed by atoms with van der Waals surface area (Å²) in [7, 11) is 0. The lowest BCUT2D eigenvalue weighted by Crippen LogP contribution is -2.32. The van der Waals surface area contributed by atoms with E-state index in [-0.39, 0.29) is 5.92 Å². The third-order valence-corrected chi connectivity index (χ3v) is 4.00. The number of nitriles is 1. The van der Waals surface area contributed by atoms with Gasteiger partial charge < -0.3 is 5.73 Å². The fourth-order valence-corrected chi connectivity index (χ4v) is 2.94. The topological polar surface area (TPSA) is 49.8 Å². The Morgan fingerprint density at radius 2 is 1.80 bits per heavy atom. The van der Waals surface area contributed by atoms with Crippen LogP contribution in [0.1, 0.15) is 25.0 Å². The number of nitrogen functional groups attached to an aromatic ring is 1. The third-order valence-electron chi connectivity index (χ3n) is 3.69. The summed E-state index contributed by atoms with van der Waals surface area (Å²) < 4.78 is 0. The van der Waals surface area contributed by atoms with Crippen LogP contribution in [0.25, 0.3) is 0 Å². The fraction of sp³-hybridized carbons (Fsp3) is 0.235. The Bertz CT molecular complexity index is 644. The van der Waals surface area contributed by atoms with Gasteiger partial charge in [-0.2, -0.15) is 5.26 Å². The number of rotatable bonds is 3. The SMILES string of the molecule is CC(C)C(C#N)(c1ccccc1)c1ccc(N)cc1Cl. The highest BCUT2D eigenvalue weighted by Gasteiger charge is 2.39. The number of anilines is 1. The molecule has 0 bridgehead atoms. The molecule has 0 heterocycles. The zero-order valence-electron chi connectivity index (χ0n) is 11.6. The Hall–Kier alpha value is -1.98. The van der Waals surface area contributed by atoms with Gasteiger partial charge in [-0.15, -0.1) is 0 Å². The van der Waals surface area contributed by atoms with Crippen molar-refractivity contribution in [1.82, 2.24) is 0 Å². The normalized spacial score (nSPS) is 13.8. The molecule has 2 rings (SSSR count). The standard InChI is InChI=1S/C17H17ClN2/c1-12(2)17(11-19,13-6-4-3-5-7-13)15-9-8-14(20)10-16(15)18/h3-10,12H,20H2,1-2H3. The van der Waals surface area contributed by atoms with E-state index in [1.54, 1.807) is 12.1 Å². The predicted octanol–water partition coefficient (Wildman–Crippen LogP) is 4.39. The van der Waals surface area contributed by atoms with Crippen LogP contribution in [0.5, 0.6) is 0 Å². The van der Waals surface area contributed by atoms with Gasteiger partial charge in [-0.05, 0) is 29.2 Å². The summed E-state index contributed by atoms with van der Waals surface area (Å²) in [6, 6.07) is 17.6. The molecule has 3 heteroatoms. The van der Waals surface area contributed by atoms with E-state index in [4.69, 9.17) is 17.3 Å². The van der Waals surface area contributed by atoms with E-state index in [2.05, 4.69) is 6.07 Å². The molecule has 0 aliphatic heterocycles. The Labute approximate surface area is 124 Å². The first kappa shape index (κ1) is 14.4. The lowest BCUT2D eigenvalue weighted by atomic mass is 9.68. The molecule has 0 saturated carbocycles. The van der Waals surface area contributed by atoms with Gasteiger partial charge in [-0.1, -0.05) is 61.8 Å². The lowest BCUT2D eigenvalue weighted by Gasteiger charge is -2.32. The number of nitrogens with two attached hydrogens (primary N) is 1. The molecule has 2 aromatic rings. The van der Waals surface area contributed by atoms with Crippen molar-refractivity contribution >= 4 is 17.3 Å². The molecular weight excluding hydrogens is 268 g/mol. The van der Waals surface area contributed by atoms with Gasteiger partial charge in [0.05, 0.1) is 6.07 Å². The van der Waals surface area contributed by atoms with Crippen LogP contribution in [0, 0.1) is 17.2 Å². The molecule has 0 fully saturated rings. The molecule has 0 aliphatic rings. The second kappa shape index (κ2) is 5.56. The number of benzene rings is 2. The smallest absolute Gasteiger partial charge is 0.111 e. The summed E-state index contributed by atoms with van der Waals surface area (Å²) in [4.78, 5) is 0. The first-order valence-corrected chi connectivity index (χ1v) is 6.92. The molecule has 0 spiro atoms. The average molecular weight is 285 g/mol. The van der Waals surface area contributed by atoms with E-state index in [1.807, 2.05) is 50.2 Å². The van der Waals surface area contributed by atoms with Crippen molar-refractivity contribution in [1.29, 1.82) is 5.26 Å². The van der Waals surface area contributed by atoms with Crippen LogP contribution in [-0.2, 0) is 5.41 Å². The van der Waals surface area contributed by atoms with Gasteiger partial charge in [-0.3, -0.25) is 0 Å². The van der Waals surface area contributed by atoms with E-state index in [9.17, 15) is 5.26 Å². The quantitative estimate of drug-likeness (QED) is 0.850. The molecule has 0 radical (unpaired) electrons. The van der Waals surface area contributed by atoms with E-state index in [0.717, 1.165) is 11.1 Å². The van der Waals surface area contributed by atoms with Gasteiger partial charge in [-0.25, -0.2) is 0 Å². The molecule has 102 valence electrons. The van der Waals surface area contributed by atoms with Crippen LogP contribution in [-0.4, -0.2) is 0 Å². The van der Waals surface area contributed by atoms with E-state index in [1.165, 1.54) is 0 Å². The van der Waals surface area contributed by atoms with E-state index < -0.39 is 5.41 Å². The minimum atomic E-state index is -0.772. The molecule has 0 amide bonds. The molecular formula is C17H17ClN2. The fourth-order valence-electron chi connectivity index (χ4n) is 2.61. The summed E-state index contributed by atoms with van der Waals surface area (Å²) >= 11 is 6.36. The Kier molecular flexibility index (Phi) is 4.01. The zero-order valence-corrected chi connectivity index (χ0v) is 12.4. The van der Waals surface area contributed by atoms with Gasteiger partial charge in [0.1, 0.15) is 5.41 Å². The van der Waals surface area contributed by atoms with Crippen molar-refractivity contribution in [2.24, 2.45) is 5.92 Å². The first-order valence-electron chi connectivity index (χ1n) is 6.54. The van der Waals surface area contributed by atoms with Crippen LogP contribution in [0.4, 0.5) is 5.69 Å². The summed E-state index contributed by atoms with van der Waals surface area (Å²) in [5.41, 5.74) is 7.34. The van der Waals surface area contributed by atoms with Crippen molar-refractivity contribution in [3.05, 3.63) is 64.7 Å². The van der Waals surface area contributed by atoms with Crippen LogP contribution >= 0.6 is 11.6 Å². The maximum atomic E-state index is 9.91. The molecule has 2 nitrogen and oxygen atoms in total. The largest absolute Gasteiger partial charge is 0.399 e. The molecule has 0 aromatic heterocycles. The van der Waals surface area contributed by atoms with Crippen molar-refractivity contribution in [2.75, 3.05) is 5.73 Å². The summed E-state index contributed by atoms with van der Waals surface area (Å²) in [6.07, 6.45) is 0. The summed E-state index contributed by atoms with van der Waals surface area (Å²) in [5.74, 6) is 0.0797. The molecule has 0 aliphatic carbocycles. The third kappa shape index (κ3) is 2.26. The molecule has 1 atom stereocenters. The van der Waals surface area contributed by atoms with Gasteiger partial charge in [0, 0.05) is 10.7 Å². The van der Waals surface area contributed by atoms with Crippen LogP contribution < -0.4 is 5.73 Å². The van der Waals surface area contributed by atoms with Crippen LogP contribution in [0.15, 0.2) is 48.5 Å². The number of hydrogen-bond acceptors (Lipinski definition) is 2. The van der Waals surface area contributed by atoms with E-state index in [0.29, 0.717) is 10.7 Å². The van der Waals surface area contributed by atoms with Gasteiger partial charge in [0.15, 0.2) is 0 Å². The highest BCUT2D eigenvalue weighted by atomic mass is 35.5. The molecule has 2 aromatic carbocycles. The molecule has 20 heavy (non-hydrogen) atoms. The Morgan fingerprint density at radius 1 is 1.15 bits per heavy atom. The molecule has 1 unspecified atom stereocenters. The van der Waals surface area contributed by atoms with E-state index >= 15 is 0 Å². The minimum Gasteiger partial charge on any atom is -0.399 e. The van der Waals surface area contributed by atoms with Crippen molar-refractivity contribution in [3.63, 3.8) is 0 Å². The summed E-state index contributed by atoms with van der Waals surface area (Å²) in [5, 5.41) is 10.4. The monoisotopic (exact) mass is 284 g/mol. The first-order chi connectivity index (χ1) is 9.52. The maximum Gasteiger partial charge on any atom is 0.111 e. The van der Waals surface area contributed by atoms with Crippen molar-refractivity contribution in [3.8, 4) is 6.07 Å². The minimum absolute atomic E-state index is 0.0797. The average Bonchev–Trinajstić information content (AvgIpc) is 2.43. The predicted molar refractivity (Wildman–Crippen MR) is 83.5 cm³/mol. The lowest BCUT2D eigenvalue weighted by molar-refractivity contribution is 0.464. The highest BCUT2D eigenvalue weighted by molar-refractivity contribution is 6.31. The Balaban J connectivity index is 2.74. The highest BCUT2D eigenvalue weighted by Crippen LogP contribution is 2.42. The second-order valence-corrected chi connectivity index (χ2v) is 5.59. The molecule has 2 N–H and O–H groups in total. The molecule has 0 saturated heterocycles. The van der Waals surface area contributed by atoms with Crippen molar-refractivity contribution < 1.29 is 0 Å².